The van der Waals surface area contributed by atoms with Gasteiger partial charge in [-0.3, -0.25) is 0 Å². The van der Waals surface area contributed by atoms with Crippen molar-refractivity contribution in [3.8, 4) is 0 Å². The molecule has 90 valence electrons. The molecule has 1 amide bonds. The number of amides is 1. The van der Waals surface area contributed by atoms with E-state index in [1.807, 2.05) is 0 Å². The van der Waals surface area contributed by atoms with E-state index in [9.17, 15) is 4.79 Å². The molecule has 2 rings (SSSR count). The van der Waals surface area contributed by atoms with E-state index in [0.717, 1.165) is 19.7 Å². The molecule has 16 heavy (non-hydrogen) atoms. The third kappa shape index (κ3) is 2.20. The maximum Gasteiger partial charge on any atom is 0.410 e. The van der Waals surface area contributed by atoms with Gasteiger partial charge >= 0.3 is 6.09 Å². The topological polar surface area (TPSA) is 42.0 Å². The molecular formula is C11H18N2O3. The Balaban J connectivity index is 1.79. The fraction of sp³-hybridized carbons (Fsp3) is 0.727. The van der Waals surface area contributed by atoms with Crippen molar-refractivity contribution < 1.29 is 14.3 Å². The maximum absolute atomic E-state index is 11.5. The van der Waals surface area contributed by atoms with Gasteiger partial charge in [-0.05, 0) is 7.05 Å². The first-order valence-electron chi connectivity index (χ1n) is 5.50. The van der Waals surface area contributed by atoms with Crippen molar-refractivity contribution in [3.63, 3.8) is 0 Å². The molecule has 2 aliphatic rings. The first-order valence-corrected chi connectivity index (χ1v) is 5.50. The van der Waals surface area contributed by atoms with Crippen LogP contribution in [-0.2, 0) is 9.47 Å². The highest BCUT2D eigenvalue weighted by atomic mass is 16.6. The molecule has 2 saturated heterocycles. The number of morpholine rings is 1. The predicted octanol–water partition coefficient (Wildman–Crippen LogP) is 0.325. The number of carbonyl (C=O) groups excluding carboxylic acids is 1. The van der Waals surface area contributed by atoms with Crippen molar-refractivity contribution >= 4 is 6.09 Å². The Morgan fingerprint density at radius 3 is 2.94 bits per heavy atom. The Hall–Kier alpha value is -1.07. The standard InChI is InChI=1S/C11H18N2O3/c1-3-5-15-10(14)13-8-11(9-13)7-12(2)4-6-16-11/h3H,1,4-9H2,2H3. The summed E-state index contributed by atoms with van der Waals surface area (Å²) in [6.45, 7) is 7.62. The van der Waals surface area contributed by atoms with E-state index in [1.54, 1.807) is 11.0 Å². The maximum atomic E-state index is 11.5. The third-order valence-electron chi connectivity index (χ3n) is 2.98. The van der Waals surface area contributed by atoms with Crippen LogP contribution in [0.3, 0.4) is 0 Å². The SMILES string of the molecule is C=CCOC(=O)N1CC2(CN(C)CCO2)C1. The summed E-state index contributed by atoms with van der Waals surface area (Å²) in [5.74, 6) is 0. The minimum atomic E-state index is -0.276. The van der Waals surface area contributed by atoms with Crippen molar-refractivity contribution in [2.45, 2.75) is 5.60 Å². The van der Waals surface area contributed by atoms with E-state index in [4.69, 9.17) is 9.47 Å². The number of nitrogens with zero attached hydrogens (tertiary/aromatic N) is 2. The fourth-order valence-electron chi connectivity index (χ4n) is 2.23. The molecule has 0 N–H and O–H groups in total. The second-order valence-electron chi connectivity index (χ2n) is 4.49. The molecule has 0 radical (unpaired) electrons. The summed E-state index contributed by atoms with van der Waals surface area (Å²) in [4.78, 5) is 15.4. The van der Waals surface area contributed by atoms with Crippen LogP contribution in [-0.4, -0.2) is 67.9 Å². The summed E-state index contributed by atoms with van der Waals surface area (Å²) < 4.78 is 10.7. The highest BCUT2D eigenvalue weighted by Gasteiger charge is 2.49. The zero-order valence-electron chi connectivity index (χ0n) is 9.65. The van der Waals surface area contributed by atoms with Crippen LogP contribution in [0.1, 0.15) is 0 Å². The smallest absolute Gasteiger partial charge is 0.410 e. The Kier molecular flexibility index (Phi) is 3.16. The number of carbonyl (C=O) groups is 1. The largest absolute Gasteiger partial charge is 0.445 e. The van der Waals surface area contributed by atoms with Crippen LogP contribution >= 0.6 is 0 Å². The number of hydrogen-bond donors (Lipinski definition) is 0. The molecule has 0 aliphatic carbocycles. The van der Waals surface area contributed by atoms with Gasteiger partial charge < -0.3 is 19.3 Å². The van der Waals surface area contributed by atoms with Gasteiger partial charge in [0.25, 0.3) is 0 Å². The lowest BCUT2D eigenvalue weighted by Gasteiger charge is -2.52. The van der Waals surface area contributed by atoms with Crippen LogP contribution < -0.4 is 0 Å². The van der Waals surface area contributed by atoms with E-state index in [1.165, 1.54) is 0 Å². The van der Waals surface area contributed by atoms with Crippen LogP contribution in [0.15, 0.2) is 12.7 Å². The fourth-order valence-corrected chi connectivity index (χ4v) is 2.23. The van der Waals surface area contributed by atoms with Gasteiger partial charge in [-0.1, -0.05) is 12.7 Å². The average molecular weight is 226 g/mol. The molecule has 0 bridgehead atoms. The van der Waals surface area contributed by atoms with Crippen molar-refractivity contribution in [1.29, 1.82) is 0 Å². The monoisotopic (exact) mass is 226 g/mol. The van der Waals surface area contributed by atoms with Crippen LogP contribution in [0, 0.1) is 0 Å². The zero-order valence-corrected chi connectivity index (χ0v) is 9.65. The molecule has 2 aliphatic heterocycles. The number of rotatable bonds is 2. The molecule has 2 heterocycles. The molecule has 0 aromatic heterocycles. The quantitative estimate of drug-likeness (QED) is 0.636. The summed E-state index contributed by atoms with van der Waals surface area (Å²) in [7, 11) is 2.07. The highest BCUT2D eigenvalue weighted by molar-refractivity contribution is 5.69. The first kappa shape index (κ1) is 11.4. The Labute approximate surface area is 95.6 Å². The van der Waals surface area contributed by atoms with Gasteiger partial charge in [0.2, 0.25) is 0 Å². The van der Waals surface area contributed by atoms with Crippen LogP contribution in [0.25, 0.3) is 0 Å². The lowest BCUT2D eigenvalue weighted by atomic mass is 9.92. The zero-order chi connectivity index (χ0) is 11.6. The average Bonchev–Trinajstić information content (AvgIpc) is 2.22. The molecule has 0 aromatic rings. The molecule has 0 unspecified atom stereocenters. The number of likely N-dealkylation sites (tertiary alicyclic amines) is 1. The second kappa shape index (κ2) is 4.43. The van der Waals surface area contributed by atoms with E-state index in [0.29, 0.717) is 13.1 Å². The van der Waals surface area contributed by atoms with E-state index >= 15 is 0 Å². The molecule has 5 nitrogen and oxygen atoms in total. The third-order valence-corrected chi connectivity index (χ3v) is 2.98. The van der Waals surface area contributed by atoms with Gasteiger partial charge in [-0.15, -0.1) is 0 Å². The minimum Gasteiger partial charge on any atom is -0.445 e. The van der Waals surface area contributed by atoms with Crippen LogP contribution in [0.4, 0.5) is 4.79 Å². The number of hydrogen-bond acceptors (Lipinski definition) is 4. The highest BCUT2D eigenvalue weighted by Crippen LogP contribution is 2.28. The summed E-state index contributed by atoms with van der Waals surface area (Å²) >= 11 is 0. The molecule has 0 atom stereocenters. The Bertz CT molecular complexity index is 287. The first-order chi connectivity index (χ1) is 7.65. The van der Waals surface area contributed by atoms with Crippen LogP contribution in [0.2, 0.25) is 0 Å². The van der Waals surface area contributed by atoms with Crippen LogP contribution in [0.5, 0.6) is 0 Å². The van der Waals surface area contributed by atoms with Gasteiger partial charge in [0.15, 0.2) is 0 Å². The van der Waals surface area contributed by atoms with Crippen molar-refractivity contribution in [3.05, 3.63) is 12.7 Å². The van der Waals surface area contributed by atoms with Crippen molar-refractivity contribution in [2.24, 2.45) is 0 Å². The Morgan fingerprint density at radius 1 is 1.56 bits per heavy atom. The van der Waals surface area contributed by atoms with Gasteiger partial charge in [0.05, 0.1) is 19.7 Å². The predicted molar refractivity (Wildman–Crippen MR) is 59.3 cm³/mol. The van der Waals surface area contributed by atoms with Gasteiger partial charge in [-0.2, -0.15) is 0 Å². The van der Waals surface area contributed by atoms with E-state index in [-0.39, 0.29) is 18.3 Å². The minimum absolute atomic E-state index is 0.153. The Morgan fingerprint density at radius 2 is 2.31 bits per heavy atom. The molecule has 0 aromatic carbocycles. The van der Waals surface area contributed by atoms with E-state index < -0.39 is 0 Å². The summed E-state index contributed by atoms with van der Waals surface area (Å²) in [5, 5.41) is 0. The van der Waals surface area contributed by atoms with Gasteiger partial charge in [-0.25, -0.2) is 4.79 Å². The molecule has 2 fully saturated rings. The summed E-state index contributed by atoms with van der Waals surface area (Å²) in [6, 6.07) is 0. The molecule has 0 saturated carbocycles. The molecular weight excluding hydrogens is 208 g/mol. The second-order valence-corrected chi connectivity index (χ2v) is 4.49. The molecule has 1 spiro atoms. The van der Waals surface area contributed by atoms with Crippen molar-refractivity contribution in [1.82, 2.24) is 9.80 Å². The van der Waals surface area contributed by atoms with Gasteiger partial charge in [0.1, 0.15) is 12.2 Å². The van der Waals surface area contributed by atoms with Crippen molar-refractivity contribution in [2.75, 3.05) is 46.4 Å². The lowest BCUT2D eigenvalue weighted by molar-refractivity contribution is -0.171. The normalized spacial score (nSPS) is 23.9. The van der Waals surface area contributed by atoms with E-state index in [2.05, 4.69) is 18.5 Å². The number of likely N-dealkylation sites (N-methyl/N-ethyl adjacent to an activating group) is 1. The summed E-state index contributed by atoms with van der Waals surface area (Å²) in [6.07, 6.45) is 1.29. The summed E-state index contributed by atoms with van der Waals surface area (Å²) in [5.41, 5.74) is -0.153. The number of ether oxygens (including phenoxy) is 2. The molecule has 5 heteroatoms. The van der Waals surface area contributed by atoms with Gasteiger partial charge in [0, 0.05) is 13.1 Å². The lowest BCUT2D eigenvalue weighted by Crippen LogP contribution is -2.70.